The lowest BCUT2D eigenvalue weighted by molar-refractivity contribution is 0.0717. The summed E-state index contributed by atoms with van der Waals surface area (Å²) in [6, 6.07) is 0. The van der Waals surface area contributed by atoms with Crippen molar-refractivity contribution < 1.29 is 9.84 Å². The topological polar surface area (TPSA) is 57.1 Å². The number of likely N-dealkylation sites (tertiary alicyclic amines) is 1. The molecule has 0 radical (unpaired) electrons. The third kappa shape index (κ3) is 5.76. The monoisotopic (exact) mass is 429 g/mol. The Bertz CT molecular complexity index is 338. The lowest BCUT2D eigenvalue weighted by Crippen LogP contribution is -2.48. The van der Waals surface area contributed by atoms with Crippen molar-refractivity contribution in [2.24, 2.45) is 10.9 Å². The van der Waals surface area contributed by atoms with Crippen molar-refractivity contribution in [3.63, 3.8) is 0 Å². The van der Waals surface area contributed by atoms with Gasteiger partial charge in [-0.2, -0.15) is 11.8 Å². The highest BCUT2D eigenvalue weighted by Gasteiger charge is 2.33. The smallest absolute Gasteiger partial charge is 0.193 e. The lowest BCUT2D eigenvalue weighted by Gasteiger charge is -2.27. The van der Waals surface area contributed by atoms with Crippen LogP contribution in [0.3, 0.4) is 0 Å². The zero-order valence-corrected chi connectivity index (χ0v) is 16.2. The number of nitrogens with one attached hydrogen (secondary N) is 1. The van der Waals surface area contributed by atoms with Crippen LogP contribution in [-0.2, 0) is 4.74 Å². The predicted molar refractivity (Wildman–Crippen MR) is 99.8 cm³/mol. The molecule has 0 aromatic carbocycles. The summed E-state index contributed by atoms with van der Waals surface area (Å²) in [5.74, 6) is 3.38. The summed E-state index contributed by atoms with van der Waals surface area (Å²) >= 11 is 1.82. The van der Waals surface area contributed by atoms with Crippen LogP contribution in [0, 0.1) is 5.92 Å². The van der Waals surface area contributed by atoms with Crippen LogP contribution in [0.5, 0.6) is 0 Å². The van der Waals surface area contributed by atoms with Crippen molar-refractivity contribution in [2.45, 2.75) is 25.4 Å². The summed E-state index contributed by atoms with van der Waals surface area (Å²) in [7, 11) is 1.81. The van der Waals surface area contributed by atoms with E-state index in [9.17, 15) is 5.11 Å². The number of halogens is 1. The molecule has 2 atom stereocenters. The van der Waals surface area contributed by atoms with E-state index in [4.69, 9.17) is 4.74 Å². The molecule has 2 N–H and O–H groups in total. The number of hydrogen-bond donors (Lipinski definition) is 2. The minimum absolute atomic E-state index is 0. The minimum Gasteiger partial charge on any atom is -0.387 e. The second kappa shape index (κ2) is 9.42. The van der Waals surface area contributed by atoms with E-state index in [2.05, 4.69) is 15.2 Å². The van der Waals surface area contributed by atoms with Crippen molar-refractivity contribution >= 4 is 41.7 Å². The Morgan fingerprint density at radius 3 is 3.00 bits per heavy atom. The molecule has 0 aliphatic carbocycles. The van der Waals surface area contributed by atoms with Crippen molar-refractivity contribution in [3.8, 4) is 0 Å². The van der Waals surface area contributed by atoms with Crippen molar-refractivity contribution in [1.29, 1.82) is 0 Å². The number of aliphatic hydroxyl groups is 1. The Kier molecular flexibility index (Phi) is 8.66. The van der Waals surface area contributed by atoms with E-state index in [1.807, 2.05) is 25.7 Å². The average Bonchev–Trinajstić information content (AvgIpc) is 3.07. The molecule has 5 nitrogen and oxygen atoms in total. The molecular weight excluding hydrogens is 401 g/mol. The molecule has 2 rings (SSSR count). The van der Waals surface area contributed by atoms with E-state index >= 15 is 0 Å². The van der Waals surface area contributed by atoms with E-state index < -0.39 is 5.60 Å². The maximum Gasteiger partial charge on any atom is 0.193 e. The molecule has 0 bridgehead atoms. The fourth-order valence-corrected chi connectivity index (χ4v) is 4.05. The summed E-state index contributed by atoms with van der Waals surface area (Å²) in [5.41, 5.74) is -0.564. The fourth-order valence-electron chi connectivity index (χ4n) is 2.76. The summed E-state index contributed by atoms with van der Waals surface area (Å²) in [4.78, 5) is 6.62. The van der Waals surface area contributed by atoms with Crippen LogP contribution in [0.25, 0.3) is 0 Å². The fraction of sp³-hybridized carbons (Fsp3) is 0.929. The Hall–Kier alpha value is 0.270. The molecule has 2 unspecified atom stereocenters. The van der Waals surface area contributed by atoms with Crippen LogP contribution in [0.4, 0.5) is 0 Å². The van der Waals surface area contributed by atoms with E-state index in [1.165, 1.54) is 0 Å². The quantitative estimate of drug-likeness (QED) is 0.393. The Balaban J connectivity index is 0.00000220. The number of thioether (sulfide) groups is 1. The van der Waals surface area contributed by atoms with Gasteiger partial charge in [-0.3, -0.25) is 4.99 Å². The number of ether oxygens (including phenoxy) is 1. The highest BCUT2D eigenvalue weighted by molar-refractivity contribution is 14.0. The molecule has 2 saturated heterocycles. The molecule has 0 saturated carbocycles. The van der Waals surface area contributed by atoms with Crippen LogP contribution in [0.2, 0.25) is 0 Å². The second-order valence-corrected chi connectivity index (χ2v) is 6.79. The van der Waals surface area contributed by atoms with Crippen LogP contribution < -0.4 is 5.32 Å². The highest BCUT2D eigenvalue weighted by atomic mass is 127. The van der Waals surface area contributed by atoms with Gasteiger partial charge in [0, 0.05) is 45.0 Å². The van der Waals surface area contributed by atoms with Crippen molar-refractivity contribution in [2.75, 3.05) is 51.4 Å². The van der Waals surface area contributed by atoms with E-state index in [1.54, 1.807) is 0 Å². The van der Waals surface area contributed by atoms with Crippen LogP contribution >= 0.6 is 35.7 Å². The van der Waals surface area contributed by atoms with E-state index in [0.717, 1.165) is 56.6 Å². The molecular formula is C14H28IN3O2S. The van der Waals surface area contributed by atoms with Crippen LogP contribution in [-0.4, -0.2) is 73.0 Å². The molecule has 0 aromatic rings. The number of guanidine groups is 1. The Morgan fingerprint density at radius 2 is 2.38 bits per heavy atom. The number of rotatable bonds is 5. The summed E-state index contributed by atoms with van der Waals surface area (Å²) in [6.07, 6.45) is 2.02. The first-order valence-corrected chi connectivity index (χ1v) is 8.66. The van der Waals surface area contributed by atoms with Gasteiger partial charge in [0.1, 0.15) is 0 Å². The Morgan fingerprint density at radius 1 is 1.57 bits per heavy atom. The molecule has 7 heteroatoms. The van der Waals surface area contributed by atoms with Gasteiger partial charge in [-0.05, 0) is 25.5 Å². The van der Waals surface area contributed by atoms with Gasteiger partial charge in [0.2, 0.25) is 0 Å². The first-order valence-electron chi connectivity index (χ1n) is 7.50. The number of nitrogens with zero attached hydrogens (tertiary/aromatic N) is 2. The third-order valence-corrected chi connectivity index (χ3v) is 5.25. The standard InChI is InChI=1S/C14H27N3O2S.HI/c1-3-19-9-12-4-6-17(8-12)13(15-2)16-10-14(18)5-7-20-11-14;/h12,18H,3-11H2,1-2H3,(H,15,16);1H. The molecule has 0 aromatic heterocycles. The van der Waals surface area contributed by atoms with Crippen LogP contribution in [0.1, 0.15) is 19.8 Å². The van der Waals surface area contributed by atoms with Crippen molar-refractivity contribution in [3.05, 3.63) is 0 Å². The van der Waals surface area contributed by atoms with Crippen molar-refractivity contribution in [1.82, 2.24) is 10.2 Å². The molecule has 2 aliphatic rings. The normalized spacial score (nSPS) is 29.6. The average molecular weight is 429 g/mol. The third-order valence-electron chi connectivity index (χ3n) is 4.01. The molecule has 2 fully saturated rings. The molecule has 0 amide bonds. The molecule has 2 aliphatic heterocycles. The van der Waals surface area contributed by atoms with Gasteiger partial charge in [0.05, 0.1) is 12.2 Å². The maximum absolute atomic E-state index is 10.4. The largest absolute Gasteiger partial charge is 0.387 e. The first kappa shape index (κ1) is 19.3. The maximum atomic E-state index is 10.4. The highest BCUT2D eigenvalue weighted by Crippen LogP contribution is 2.27. The first-order chi connectivity index (χ1) is 9.67. The Labute approximate surface area is 149 Å². The number of hydrogen-bond acceptors (Lipinski definition) is 4. The van der Waals surface area contributed by atoms with Gasteiger partial charge >= 0.3 is 0 Å². The van der Waals surface area contributed by atoms with Gasteiger partial charge in [-0.25, -0.2) is 0 Å². The molecule has 2 heterocycles. The zero-order chi connectivity index (χ0) is 14.4. The molecule has 21 heavy (non-hydrogen) atoms. The van der Waals surface area contributed by atoms with Gasteiger partial charge in [0.15, 0.2) is 5.96 Å². The molecule has 124 valence electrons. The summed E-state index contributed by atoms with van der Waals surface area (Å²) in [5, 5.41) is 13.7. The summed E-state index contributed by atoms with van der Waals surface area (Å²) < 4.78 is 5.51. The van der Waals surface area contributed by atoms with Crippen LogP contribution in [0.15, 0.2) is 4.99 Å². The predicted octanol–water partition coefficient (Wildman–Crippen LogP) is 1.41. The summed E-state index contributed by atoms with van der Waals surface area (Å²) in [6.45, 7) is 6.27. The van der Waals surface area contributed by atoms with Gasteiger partial charge in [-0.1, -0.05) is 0 Å². The van der Waals surface area contributed by atoms with Gasteiger partial charge in [-0.15, -0.1) is 24.0 Å². The van der Waals surface area contributed by atoms with E-state index in [-0.39, 0.29) is 24.0 Å². The van der Waals surface area contributed by atoms with Gasteiger partial charge < -0.3 is 20.1 Å². The van der Waals surface area contributed by atoms with Gasteiger partial charge in [0.25, 0.3) is 0 Å². The lowest BCUT2D eigenvalue weighted by atomic mass is 10.0. The van der Waals surface area contributed by atoms with E-state index in [0.29, 0.717) is 12.5 Å². The second-order valence-electron chi connectivity index (χ2n) is 5.69. The SMILES string of the molecule is CCOCC1CCN(C(=NC)NCC2(O)CCSC2)C1.I. The zero-order valence-electron chi connectivity index (χ0n) is 13.0. The minimum atomic E-state index is -0.564. The molecule has 0 spiro atoms. The number of aliphatic imine (C=N–C) groups is 1.